The maximum absolute atomic E-state index is 11.0. The lowest BCUT2D eigenvalue weighted by Gasteiger charge is -2.08. The number of hydrogen-bond donors (Lipinski definition) is 0. The third-order valence-electron chi connectivity index (χ3n) is 3.53. The Balaban J connectivity index is 1.83. The van der Waals surface area contributed by atoms with Crippen LogP contribution in [-0.2, 0) is 22.5 Å². The molecule has 0 N–H and O–H groups in total. The van der Waals surface area contributed by atoms with Gasteiger partial charge in [-0.3, -0.25) is 4.79 Å². The molecular formula is C19H19N3O2S. The van der Waals surface area contributed by atoms with Gasteiger partial charge in [-0.2, -0.15) is 0 Å². The first-order valence-corrected chi connectivity index (χ1v) is 8.86. The standard InChI is InChI=1S/C19H19N3O2S/c1-15(23)24-13-12-18-19(25-17-10-6-3-7-11-17)22(21-20-18)14-16-8-4-2-5-9-16/h2-11H,12-14H2,1H3. The topological polar surface area (TPSA) is 57.0 Å². The number of carbonyl (C=O) groups excluding carboxylic acids is 1. The Morgan fingerprint density at radius 1 is 1.08 bits per heavy atom. The van der Waals surface area contributed by atoms with Gasteiger partial charge >= 0.3 is 5.97 Å². The zero-order chi connectivity index (χ0) is 17.5. The summed E-state index contributed by atoms with van der Waals surface area (Å²) in [5.74, 6) is -0.283. The van der Waals surface area contributed by atoms with Gasteiger partial charge in [0, 0.05) is 18.2 Å². The molecule has 5 nitrogen and oxygen atoms in total. The predicted octanol–water partition coefficient (Wildman–Crippen LogP) is 3.58. The molecule has 0 fully saturated rings. The van der Waals surface area contributed by atoms with Crippen LogP contribution in [0.25, 0.3) is 0 Å². The normalized spacial score (nSPS) is 10.6. The molecule has 0 spiro atoms. The highest BCUT2D eigenvalue weighted by atomic mass is 32.2. The smallest absolute Gasteiger partial charge is 0.302 e. The third kappa shape index (κ3) is 4.93. The van der Waals surface area contributed by atoms with Gasteiger partial charge in [0.05, 0.1) is 13.2 Å². The maximum atomic E-state index is 11.0. The van der Waals surface area contributed by atoms with Crippen molar-refractivity contribution in [2.45, 2.75) is 29.8 Å². The fourth-order valence-electron chi connectivity index (χ4n) is 2.36. The zero-order valence-electron chi connectivity index (χ0n) is 14.0. The van der Waals surface area contributed by atoms with Crippen molar-refractivity contribution >= 4 is 17.7 Å². The van der Waals surface area contributed by atoms with E-state index in [1.54, 1.807) is 11.8 Å². The quantitative estimate of drug-likeness (QED) is 0.608. The van der Waals surface area contributed by atoms with E-state index in [0.717, 1.165) is 21.2 Å². The summed E-state index contributed by atoms with van der Waals surface area (Å²) >= 11 is 1.62. The first-order valence-electron chi connectivity index (χ1n) is 8.05. The van der Waals surface area contributed by atoms with Crippen molar-refractivity contribution in [3.8, 4) is 0 Å². The van der Waals surface area contributed by atoms with Crippen molar-refractivity contribution in [2.24, 2.45) is 0 Å². The molecular weight excluding hydrogens is 334 g/mol. The molecule has 128 valence electrons. The SMILES string of the molecule is CC(=O)OCCc1nnn(Cc2ccccc2)c1Sc1ccccc1. The van der Waals surface area contributed by atoms with E-state index >= 15 is 0 Å². The number of rotatable bonds is 7. The molecule has 25 heavy (non-hydrogen) atoms. The van der Waals surface area contributed by atoms with E-state index in [-0.39, 0.29) is 5.97 Å². The number of nitrogens with zero attached hydrogens (tertiary/aromatic N) is 3. The van der Waals surface area contributed by atoms with Gasteiger partial charge in [-0.15, -0.1) is 5.10 Å². The molecule has 0 unspecified atom stereocenters. The molecule has 0 radical (unpaired) electrons. The molecule has 6 heteroatoms. The van der Waals surface area contributed by atoms with Crippen LogP contribution in [0.15, 0.2) is 70.6 Å². The van der Waals surface area contributed by atoms with Crippen molar-refractivity contribution in [3.63, 3.8) is 0 Å². The molecule has 0 amide bonds. The number of hydrogen-bond acceptors (Lipinski definition) is 5. The predicted molar refractivity (Wildman–Crippen MR) is 96.5 cm³/mol. The molecule has 0 saturated heterocycles. The van der Waals surface area contributed by atoms with Crippen LogP contribution in [-0.4, -0.2) is 27.6 Å². The summed E-state index contributed by atoms with van der Waals surface area (Å²) in [7, 11) is 0. The summed E-state index contributed by atoms with van der Waals surface area (Å²) in [5.41, 5.74) is 2.00. The van der Waals surface area contributed by atoms with Crippen LogP contribution < -0.4 is 0 Å². The first kappa shape index (κ1) is 17.2. The zero-order valence-corrected chi connectivity index (χ0v) is 14.8. The van der Waals surface area contributed by atoms with Crippen molar-refractivity contribution in [3.05, 3.63) is 71.9 Å². The van der Waals surface area contributed by atoms with Crippen LogP contribution in [0.5, 0.6) is 0 Å². The molecule has 0 atom stereocenters. The molecule has 0 aliphatic rings. The second-order valence-corrected chi connectivity index (χ2v) is 6.55. The molecule has 2 aromatic carbocycles. The van der Waals surface area contributed by atoms with Crippen LogP contribution in [0, 0.1) is 0 Å². The van der Waals surface area contributed by atoms with Crippen LogP contribution in [0.3, 0.4) is 0 Å². The van der Waals surface area contributed by atoms with E-state index in [1.807, 2.05) is 41.1 Å². The van der Waals surface area contributed by atoms with Gasteiger partial charge in [0.15, 0.2) is 0 Å². The minimum Gasteiger partial charge on any atom is -0.465 e. The van der Waals surface area contributed by atoms with Gasteiger partial charge < -0.3 is 4.74 Å². The fourth-order valence-corrected chi connectivity index (χ4v) is 3.34. The maximum Gasteiger partial charge on any atom is 0.302 e. The van der Waals surface area contributed by atoms with E-state index in [2.05, 4.69) is 34.6 Å². The van der Waals surface area contributed by atoms with Gasteiger partial charge in [-0.05, 0) is 17.7 Å². The number of benzene rings is 2. The van der Waals surface area contributed by atoms with Crippen LogP contribution in [0.2, 0.25) is 0 Å². The summed E-state index contributed by atoms with van der Waals surface area (Å²) in [5, 5.41) is 9.59. The third-order valence-corrected chi connectivity index (χ3v) is 4.68. The molecule has 3 rings (SSSR count). The lowest BCUT2D eigenvalue weighted by Crippen LogP contribution is -2.06. The molecule has 1 heterocycles. The summed E-state index contributed by atoms with van der Waals surface area (Å²) in [4.78, 5) is 12.1. The van der Waals surface area contributed by atoms with Crippen molar-refractivity contribution in [2.75, 3.05) is 6.61 Å². The average Bonchev–Trinajstić information content (AvgIpc) is 2.98. The van der Waals surface area contributed by atoms with Crippen LogP contribution in [0.4, 0.5) is 0 Å². The van der Waals surface area contributed by atoms with Gasteiger partial charge in [0.2, 0.25) is 0 Å². The fraction of sp³-hybridized carbons (Fsp3) is 0.211. The molecule has 0 aliphatic heterocycles. The summed E-state index contributed by atoms with van der Waals surface area (Å²) in [6.07, 6.45) is 0.545. The molecule has 0 bridgehead atoms. The molecule has 3 aromatic rings. The van der Waals surface area contributed by atoms with Gasteiger partial charge in [0.1, 0.15) is 10.7 Å². The molecule has 0 aliphatic carbocycles. The summed E-state index contributed by atoms with van der Waals surface area (Å²) in [6, 6.07) is 20.3. The second-order valence-electron chi connectivity index (χ2n) is 5.49. The Morgan fingerprint density at radius 2 is 1.76 bits per heavy atom. The van der Waals surface area contributed by atoms with Crippen LogP contribution in [0.1, 0.15) is 18.2 Å². The second kappa shape index (κ2) is 8.48. The average molecular weight is 353 g/mol. The monoisotopic (exact) mass is 353 g/mol. The van der Waals surface area contributed by atoms with Gasteiger partial charge in [-0.25, -0.2) is 4.68 Å². The highest BCUT2D eigenvalue weighted by Crippen LogP contribution is 2.30. The Hall–Kier alpha value is -2.60. The number of esters is 1. The number of carbonyl (C=O) groups is 1. The first-order chi connectivity index (χ1) is 12.2. The Kier molecular flexibility index (Phi) is 5.85. The highest BCUT2D eigenvalue weighted by molar-refractivity contribution is 7.99. The number of ether oxygens (including phenoxy) is 1. The summed E-state index contributed by atoms with van der Waals surface area (Å²) in [6.45, 7) is 2.37. The largest absolute Gasteiger partial charge is 0.465 e. The molecule has 0 saturated carbocycles. The summed E-state index contributed by atoms with van der Waals surface area (Å²) < 4.78 is 6.95. The lowest BCUT2D eigenvalue weighted by molar-refractivity contribution is -0.140. The Morgan fingerprint density at radius 3 is 2.44 bits per heavy atom. The van der Waals surface area contributed by atoms with E-state index in [0.29, 0.717) is 19.6 Å². The van der Waals surface area contributed by atoms with E-state index < -0.39 is 0 Å². The van der Waals surface area contributed by atoms with Crippen molar-refractivity contribution in [1.82, 2.24) is 15.0 Å². The van der Waals surface area contributed by atoms with Crippen LogP contribution >= 0.6 is 11.8 Å². The lowest BCUT2D eigenvalue weighted by atomic mass is 10.2. The van der Waals surface area contributed by atoms with Crippen molar-refractivity contribution in [1.29, 1.82) is 0 Å². The minimum absolute atomic E-state index is 0.283. The Labute approximate surface area is 151 Å². The molecule has 1 aromatic heterocycles. The van der Waals surface area contributed by atoms with Crippen molar-refractivity contribution < 1.29 is 9.53 Å². The minimum atomic E-state index is -0.283. The number of aromatic nitrogens is 3. The van der Waals surface area contributed by atoms with Gasteiger partial charge in [0.25, 0.3) is 0 Å². The van der Waals surface area contributed by atoms with E-state index in [9.17, 15) is 4.79 Å². The highest BCUT2D eigenvalue weighted by Gasteiger charge is 2.15. The van der Waals surface area contributed by atoms with E-state index in [4.69, 9.17) is 4.74 Å². The van der Waals surface area contributed by atoms with Gasteiger partial charge in [-0.1, -0.05) is 65.5 Å². The Bertz CT molecular complexity index is 819. The van der Waals surface area contributed by atoms with E-state index in [1.165, 1.54) is 6.92 Å².